The van der Waals surface area contributed by atoms with E-state index < -0.39 is 161 Å². The maximum Gasteiger partial charge on any atom is 0.217 e. The number of amides is 2. The highest BCUT2D eigenvalue weighted by atomic mass is 16.8. The molecule has 4 saturated heterocycles. The minimum absolute atomic E-state index is 0.500. The Bertz CT molecular complexity index is 1140. The van der Waals surface area contributed by atoms with E-state index in [2.05, 4.69) is 10.6 Å². The van der Waals surface area contributed by atoms with E-state index in [-0.39, 0.29) is 0 Å². The van der Waals surface area contributed by atoms with E-state index in [4.69, 9.17) is 33.2 Å². The first-order chi connectivity index (χ1) is 24.1. The van der Waals surface area contributed by atoms with Crippen LogP contribution in [0.15, 0.2) is 0 Å². The number of hydrogen-bond acceptors (Lipinski definition) is 20. The summed E-state index contributed by atoms with van der Waals surface area (Å²) in [6.07, 6.45) is -29.4. The molecule has 20 atom stereocenters. The fourth-order valence-corrected chi connectivity index (χ4v) is 6.60. The van der Waals surface area contributed by atoms with Gasteiger partial charge in [0, 0.05) is 13.8 Å². The summed E-state index contributed by atoms with van der Waals surface area (Å²) < 4.78 is 39.8. The van der Waals surface area contributed by atoms with Crippen LogP contribution in [-0.2, 0) is 42.7 Å². The molecule has 4 fully saturated rings. The van der Waals surface area contributed by atoms with Crippen LogP contribution in [-0.4, -0.2) is 217 Å². The van der Waals surface area contributed by atoms with Crippen LogP contribution in [0.5, 0.6) is 0 Å². The van der Waals surface area contributed by atoms with Crippen LogP contribution >= 0.6 is 0 Å². The van der Waals surface area contributed by atoms with Crippen molar-refractivity contribution in [2.45, 2.75) is 143 Å². The average molecular weight is 747 g/mol. The number of carbonyl (C=O) groups is 2. The van der Waals surface area contributed by atoms with E-state index in [0.717, 1.165) is 6.92 Å². The number of hydrogen-bond donors (Lipinski definition) is 13. The van der Waals surface area contributed by atoms with Crippen molar-refractivity contribution >= 4 is 11.8 Å². The third kappa shape index (κ3) is 9.13. The fourth-order valence-electron chi connectivity index (χ4n) is 6.60. The van der Waals surface area contributed by atoms with Gasteiger partial charge in [0.2, 0.25) is 11.8 Å². The predicted molar refractivity (Wildman–Crippen MR) is 161 cm³/mol. The molecular weight excluding hydrogens is 696 g/mol. The standard InChI is InChI=1S/C29H50N2O20/c1-8-15(30-9(2)36)19(40)24(13(6-34)45-8)49-27-16(31-10(3)37)20(41)25(14(7-35)48-27)50-29-23(44)26(18(39)12(5-33)47-29)51-28-22(43)21(42)17(38)11(4-32)46-28/h8,11-29,32-35,38-44H,4-7H2,1-3H3,(H,30,36)(H,31,37)/t8-,11?,12?,13?,14?,15?,16?,17+,18+,19+,20+,21?,22?,23?,24+,25+,26-,27-,28+,29-/m0/s1. The maximum atomic E-state index is 12.3. The quantitative estimate of drug-likeness (QED) is 0.0881. The Hall–Kier alpha value is -1.78. The lowest BCUT2D eigenvalue weighted by molar-refractivity contribution is -0.378. The minimum atomic E-state index is -2.01. The minimum Gasteiger partial charge on any atom is -0.394 e. The normalized spacial score (nSPS) is 47.8. The van der Waals surface area contributed by atoms with Crippen molar-refractivity contribution in [2.75, 3.05) is 26.4 Å². The van der Waals surface area contributed by atoms with Crippen LogP contribution in [0, 0.1) is 0 Å². The van der Waals surface area contributed by atoms with Gasteiger partial charge in [0.25, 0.3) is 0 Å². The summed E-state index contributed by atoms with van der Waals surface area (Å²) >= 11 is 0. The SMILES string of the molecule is CC(=O)NC1[C@H](O[C@@H]2C(CO)O[C@@H](C)C(NC(C)=O)[C@H]2O)OC(CO)[C@@H](O[C@@H]2OC(CO)[C@@H](O)[C@H](O[C@H]3OC(CO)[C@@H](O)C(O)C3O)C2O)[C@@H]1O. The van der Waals surface area contributed by atoms with Gasteiger partial charge in [-0.15, -0.1) is 0 Å². The third-order valence-electron chi connectivity index (χ3n) is 9.28. The number of aliphatic hydroxyl groups is 11. The molecule has 296 valence electrons. The second kappa shape index (κ2) is 18.0. The Morgan fingerprint density at radius 1 is 0.490 bits per heavy atom. The molecule has 4 rings (SSSR count). The van der Waals surface area contributed by atoms with Gasteiger partial charge < -0.3 is 100.0 Å². The van der Waals surface area contributed by atoms with E-state index in [1.807, 2.05) is 0 Å². The monoisotopic (exact) mass is 746 g/mol. The Labute approximate surface area is 291 Å². The van der Waals surface area contributed by atoms with Gasteiger partial charge in [-0.3, -0.25) is 9.59 Å². The molecular formula is C29H50N2O20. The molecule has 0 aromatic heterocycles. The van der Waals surface area contributed by atoms with Crippen LogP contribution in [0.4, 0.5) is 0 Å². The molecule has 9 unspecified atom stereocenters. The zero-order valence-corrected chi connectivity index (χ0v) is 28.0. The highest BCUT2D eigenvalue weighted by molar-refractivity contribution is 5.73. The number of nitrogens with one attached hydrogen (secondary N) is 2. The van der Waals surface area contributed by atoms with Crippen LogP contribution in [0.1, 0.15) is 20.8 Å². The van der Waals surface area contributed by atoms with Gasteiger partial charge in [-0.25, -0.2) is 0 Å². The second-order valence-corrected chi connectivity index (χ2v) is 12.9. The first-order valence-corrected chi connectivity index (χ1v) is 16.4. The molecule has 0 aromatic carbocycles. The summed E-state index contributed by atoms with van der Waals surface area (Å²) in [7, 11) is 0. The van der Waals surface area contributed by atoms with Gasteiger partial charge in [-0.1, -0.05) is 0 Å². The Morgan fingerprint density at radius 2 is 0.902 bits per heavy atom. The van der Waals surface area contributed by atoms with Crippen LogP contribution in [0.25, 0.3) is 0 Å². The van der Waals surface area contributed by atoms with Gasteiger partial charge in [0.1, 0.15) is 91.5 Å². The van der Waals surface area contributed by atoms with Crippen LogP contribution in [0.3, 0.4) is 0 Å². The summed E-state index contributed by atoms with van der Waals surface area (Å²) in [4.78, 5) is 24.0. The van der Waals surface area contributed by atoms with Crippen molar-refractivity contribution in [1.29, 1.82) is 0 Å². The Kier molecular flexibility index (Phi) is 14.8. The molecule has 0 bridgehead atoms. The topological polar surface area (TPSA) is 345 Å². The summed E-state index contributed by atoms with van der Waals surface area (Å²) in [6.45, 7) is 0.642. The van der Waals surface area contributed by atoms with Gasteiger partial charge in [-0.2, -0.15) is 0 Å². The summed E-state index contributed by atoms with van der Waals surface area (Å²) in [6, 6.07) is -2.54. The second-order valence-electron chi connectivity index (χ2n) is 12.9. The van der Waals surface area contributed by atoms with Gasteiger partial charge in [0.15, 0.2) is 18.9 Å². The van der Waals surface area contributed by atoms with Gasteiger partial charge >= 0.3 is 0 Å². The third-order valence-corrected chi connectivity index (χ3v) is 9.28. The lowest BCUT2D eigenvalue weighted by Crippen LogP contribution is -2.70. The lowest BCUT2D eigenvalue weighted by atomic mass is 9.92. The van der Waals surface area contributed by atoms with Crippen molar-refractivity contribution in [3.8, 4) is 0 Å². The largest absolute Gasteiger partial charge is 0.394 e. The van der Waals surface area contributed by atoms with E-state index in [9.17, 15) is 65.8 Å². The summed E-state index contributed by atoms with van der Waals surface area (Å²) in [5.74, 6) is -1.20. The van der Waals surface area contributed by atoms with Crippen LogP contribution < -0.4 is 10.6 Å². The van der Waals surface area contributed by atoms with E-state index in [1.54, 1.807) is 6.92 Å². The van der Waals surface area contributed by atoms with Crippen molar-refractivity contribution in [1.82, 2.24) is 10.6 Å². The molecule has 0 radical (unpaired) electrons. The van der Waals surface area contributed by atoms with Crippen molar-refractivity contribution in [2.24, 2.45) is 0 Å². The van der Waals surface area contributed by atoms with Crippen molar-refractivity contribution in [3.05, 3.63) is 0 Å². The molecule has 0 aromatic rings. The molecule has 0 aliphatic carbocycles. The van der Waals surface area contributed by atoms with E-state index >= 15 is 0 Å². The highest BCUT2D eigenvalue weighted by Crippen LogP contribution is 2.34. The molecule has 0 spiro atoms. The molecule has 4 aliphatic heterocycles. The molecule has 51 heavy (non-hydrogen) atoms. The molecule has 22 heteroatoms. The zero-order valence-electron chi connectivity index (χ0n) is 28.0. The zero-order chi connectivity index (χ0) is 37.9. The predicted octanol–water partition coefficient (Wildman–Crippen LogP) is -8.39. The first kappa shape index (κ1) is 42.0. The molecule has 4 aliphatic rings. The number of ether oxygens (including phenoxy) is 7. The highest BCUT2D eigenvalue weighted by Gasteiger charge is 2.55. The number of rotatable bonds is 12. The van der Waals surface area contributed by atoms with Gasteiger partial charge in [-0.05, 0) is 6.92 Å². The van der Waals surface area contributed by atoms with Crippen molar-refractivity contribution < 1.29 is 98.9 Å². The average Bonchev–Trinajstić information content (AvgIpc) is 3.09. The molecule has 0 saturated carbocycles. The van der Waals surface area contributed by atoms with Crippen molar-refractivity contribution in [3.63, 3.8) is 0 Å². The fraction of sp³-hybridized carbons (Fsp3) is 0.931. The van der Waals surface area contributed by atoms with E-state index in [0.29, 0.717) is 0 Å². The molecule has 22 nitrogen and oxygen atoms in total. The molecule has 2 amide bonds. The maximum absolute atomic E-state index is 12.3. The van der Waals surface area contributed by atoms with E-state index in [1.165, 1.54) is 6.92 Å². The first-order valence-electron chi connectivity index (χ1n) is 16.4. The van der Waals surface area contributed by atoms with Crippen LogP contribution in [0.2, 0.25) is 0 Å². The number of aliphatic hydroxyl groups excluding tert-OH is 11. The van der Waals surface area contributed by atoms with Gasteiger partial charge in [0.05, 0.1) is 38.6 Å². The smallest absolute Gasteiger partial charge is 0.217 e. The summed E-state index contributed by atoms with van der Waals surface area (Å²) in [5, 5.41) is 120. The lowest BCUT2D eigenvalue weighted by Gasteiger charge is -2.50. The Morgan fingerprint density at radius 3 is 1.43 bits per heavy atom. The summed E-state index contributed by atoms with van der Waals surface area (Å²) in [5.41, 5.74) is 0. The number of carbonyl (C=O) groups excluding carboxylic acids is 2. The molecule has 4 heterocycles. The Balaban J connectivity index is 1.56. The molecule has 13 N–H and O–H groups in total.